The molecule has 0 spiro atoms. The van der Waals surface area contributed by atoms with E-state index >= 15 is 0 Å². The normalized spacial score (nSPS) is 12.8. The van der Waals surface area contributed by atoms with E-state index in [2.05, 4.69) is 0 Å². The van der Waals surface area contributed by atoms with Crippen molar-refractivity contribution in [3.8, 4) is 0 Å². The zero-order valence-corrected chi connectivity index (χ0v) is 9.06. The Kier molecular flexibility index (Phi) is 4.98. The standard InChI is InChI=1S/C11H15FOS/c1-9(6-13)7-14-8-10-3-2-4-11(12)5-10/h2-5,9,13H,6-8H2,1H3. The van der Waals surface area contributed by atoms with Crippen molar-refractivity contribution >= 4 is 11.8 Å². The number of aliphatic hydroxyl groups is 1. The van der Waals surface area contributed by atoms with E-state index in [1.54, 1.807) is 23.9 Å². The van der Waals surface area contributed by atoms with Gasteiger partial charge in [0.05, 0.1) is 0 Å². The summed E-state index contributed by atoms with van der Waals surface area (Å²) in [6.07, 6.45) is 0. The number of hydrogen-bond donors (Lipinski definition) is 1. The summed E-state index contributed by atoms with van der Waals surface area (Å²) in [5.41, 5.74) is 1.00. The maximum Gasteiger partial charge on any atom is 0.123 e. The molecular formula is C11H15FOS. The van der Waals surface area contributed by atoms with Crippen molar-refractivity contribution in [1.29, 1.82) is 0 Å². The van der Waals surface area contributed by atoms with Crippen LogP contribution in [0.4, 0.5) is 4.39 Å². The minimum absolute atomic E-state index is 0.182. The van der Waals surface area contributed by atoms with Crippen LogP contribution >= 0.6 is 11.8 Å². The van der Waals surface area contributed by atoms with Crippen LogP contribution in [0.15, 0.2) is 24.3 Å². The van der Waals surface area contributed by atoms with E-state index < -0.39 is 0 Å². The Bertz CT molecular complexity index is 278. The minimum Gasteiger partial charge on any atom is -0.396 e. The molecule has 0 aliphatic heterocycles. The van der Waals surface area contributed by atoms with Crippen LogP contribution in [0.3, 0.4) is 0 Å². The van der Waals surface area contributed by atoms with Crippen LogP contribution in [0.5, 0.6) is 0 Å². The van der Waals surface area contributed by atoms with Gasteiger partial charge in [-0.25, -0.2) is 4.39 Å². The van der Waals surface area contributed by atoms with Gasteiger partial charge in [0.15, 0.2) is 0 Å². The maximum atomic E-state index is 12.8. The predicted octanol–water partition coefficient (Wildman–Crippen LogP) is 2.69. The molecule has 1 nitrogen and oxygen atoms in total. The fourth-order valence-corrected chi connectivity index (χ4v) is 2.10. The first-order valence-corrected chi connectivity index (χ1v) is 5.81. The molecule has 0 aliphatic rings. The molecule has 0 aliphatic carbocycles. The number of thioether (sulfide) groups is 1. The highest BCUT2D eigenvalue weighted by molar-refractivity contribution is 7.98. The SMILES string of the molecule is CC(CO)CSCc1cccc(F)c1. The van der Waals surface area contributed by atoms with Gasteiger partial charge in [0.1, 0.15) is 5.82 Å². The summed E-state index contributed by atoms with van der Waals surface area (Å²) in [5, 5.41) is 8.80. The highest BCUT2D eigenvalue weighted by Gasteiger charge is 2.00. The molecule has 1 aromatic rings. The number of aliphatic hydroxyl groups excluding tert-OH is 1. The lowest BCUT2D eigenvalue weighted by molar-refractivity contribution is 0.250. The summed E-state index contributed by atoms with van der Waals surface area (Å²) in [6, 6.07) is 6.64. The second-order valence-corrected chi connectivity index (χ2v) is 4.46. The van der Waals surface area contributed by atoms with Gasteiger partial charge in [-0.3, -0.25) is 0 Å². The molecule has 14 heavy (non-hydrogen) atoms. The molecule has 1 N–H and O–H groups in total. The highest BCUT2D eigenvalue weighted by atomic mass is 32.2. The molecule has 0 amide bonds. The molecule has 0 aromatic heterocycles. The van der Waals surface area contributed by atoms with Crippen LogP contribution in [0.1, 0.15) is 12.5 Å². The lowest BCUT2D eigenvalue weighted by Gasteiger charge is -2.06. The Balaban J connectivity index is 2.31. The first-order chi connectivity index (χ1) is 6.72. The average Bonchev–Trinajstić information content (AvgIpc) is 2.17. The summed E-state index contributed by atoms with van der Waals surface area (Å²) in [7, 11) is 0. The van der Waals surface area contributed by atoms with Crippen LogP contribution in [0, 0.1) is 11.7 Å². The third kappa shape index (κ3) is 4.11. The molecule has 1 atom stereocenters. The summed E-state index contributed by atoms with van der Waals surface area (Å²) in [6.45, 7) is 2.22. The van der Waals surface area contributed by atoms with E-state index in [-0.39, 0.29) is 12.4 Å². The van der Waals surface area contributed by atoms with Gasteiger partial charge in [0.25, 0.3) is 0 Å². The van der Waals surface area contributed by atoms with Crippen molar-refractivity contribution in [2.24, 2.45) is 5.92 Å². The fourth-order valence-electron chi connectivity index (χ4n) is 1.06. The highest BCUT2D eigenvalue weighted by Crippen LogP contribution is 2.15. The van der Waals surface area contributed by atoms with Gasteiger partial charge in [0, 0.05) is 12.4 Å². The number of rotatable bonds is 5. The summed E-state index contributed by atoms with van der Waals surface area (Å²) >= 11 is 1.72. The van der Waals surface area contributed by atoms with Crippen molar-refractivity contribution < 1.29 is 9.50 Å². The van der Waals surface area contributed by atoms with Gasteiger partial charge >= 0.3 is 0 Å². The van der Waals surface area contributed by atoms with Crippen LogP contribution < -0.4 is 0 Å². The number of halogens is 1. The van der Waals surface area contributed by atoms with Gasteiger partial charge in [-0.2, -0.15) is 11.8 Å². The molecule has 3 heteroatoms. The molecule has 0 fully saturated rings. The second kappa shape index (κ2) is 6.04. The number of benzene rings is 1. The summed E-state index contributed by atoms with van der Waals surface area (Å²) in [4.78, 5) is 0. The van der Waals surface area contributed by atoms with Crippen molar-refractivity contribution in [3.63, 3.8) is 0 Å². The van der Waals surface area contributed by atoms with Crippen LogP contribution in [-0.4, -0.2) is 17.5 Å². The van der Waals surface area contributed by atoms with Gasteiger partial charge in [-0.1, -0.05) is 19.1 Å². The van der Waals surface area contributed by atoms with E-state index in [4.69, 9.17) is 5.11 Å². The molecule has 0 heterocycles. The van der Waals surface area contributed by atoms with E-state index in [0.717, 1.165) is 17.1 Å². The van der Waals surface area contributed by atoms with E-state index in [0.29, 0.717) is 5.92 Å². The van der Waals surface area contributed by atoms with Crippen LogP contribution in [0.2, 0.25) is 0 Å². The van der Waals surface area contributed by atoms with Crippen molar-refractivity contribution in [1.82, 2.24) is 0 Å². The Labute approximate surface area is 88.3 Å². The molecule has 0 saturated carbocycles. The van der Waals surface area contributed by atoms with Gasteiger partial charge in [-0.15, -0.1) is 0 Å². The zero-order chi connectivity index (χ0) is 10.4. The molecular weight excluding hydrogens is 199 g/mol. The Morgan fingerprint density at radius 2 is 2.29 bits per heavy atom. The zero-order valence-electron chi connectivity index (χ0n) is 8.24. The largest absolute Gasteiger partial charge is 0.396 e. The smallest absolute Gasteiger partial charge is 0.123 e. The molecule has 0 bridgehead atoms. The quantitative estimate of drug-likeness (QED) is 0.813. The molecule has 1 unspecified atom stereocenters. The Morgan fingerprint density at radius 1 is 1.50 bits per heavy atom. The molecule has 78 valence electrons. The maximum absolute atomic E-state index is 12.8. The lowest BCUT2D eigenvalue weighted by Crippen LogP contribution is -2.03. The van der Waals surface area contributed by atoms with E-state index in [1.165, 1.54) is 6.07 Å². The molecule has 1 rings (SSSR count). The molecule has 0 saturated heterocycles. The van der Waals surface area contributed by atoms with E-state index in [1.807, 2.05) is 13.0 Å². The average molecular weight is 214 g/mol. The van der Waals surface area contributed by atoms with Crippen LogP contribution in [-0.2, 0) is 5.75 Å². The second-order valence-electron chi connectivity index (χ2n) is 3.43. The monoisotopic (exact) mass is 214 g/mol. The van der Waals surface area contributed by atoms with Gasteiger partial charge in [-0.05, 0) is 29.4 Å². The van der Waals surface area contributed by atoms with Crippen molar-refractivity contribution in [3.05, 3.63) is 35.6 Å². The van der Waals surface area contributed by atoms with Crippen LogP contribution in [0.25, 0.3) is 0 Å². The third-order valence-electron chi connectivity index (χ3n) is 1.87. The van der Waals surface area contributed by atoms with Gasteiger partial charge in [0.2, 0.25) is 0 Å². The fraction of sp³-hybridized carbons (Fsp3) is 0.455. The molecule has 0 radical (unpaired) electrons. The Hall–Kier alpha value is -0.540. The minimum atomic E-state index is -0.182. The third-order valence-corrected chi connectivity index (χ3v) is 3.21. The first-order valence-electron chi connectivity index (χ1n) is 4.65. The summed E-state index contributed by atoms with van der Waals surface area (Å²) in [5.74, 6) is 1.85. The predicted molar refractivity (Wildman–Crippen MR) is 58.8 cm³/mol. The van der Waals surface area contributed by atoms with Gasteiger partial charge < -0.3 is 5.11 Å². The molecule has 1 aromatic carbocycles. The van der Waals surface area contributed by atoms with E-state index in [9.17, 15) is 4.39 Å². The first kappa shape index (κ1) is 11.5. The van der Waals surface area contributed by atoms with Crippen molar-refractivity contribution in [2.45, 2.75) is 12.7 Å². The van der Waals surface area contributed by atoms with Crippen molar-refractivity contribution in [2.75, 3.05) is 12.4 Å². The Morgan fingerprint density at radius 3 is 2.93 bits per heavy atom. The lowest BCUT2D eigenvalue weighted by atomic mass is 10.2. The number of hydrogen-bond acceptors (Lipinski definition) is 2. The summed E-state index contributed by atoms with van der Waals surface area (Å²) < 4.78 is 12.8. The topological polar surface area (TPSA) is 20.2 Å².